The van der Waals surface area contributed by atoms with Gasteiger partial charge in [0.25, 0.3) is 5.91 Å². The second kappa shape index (κ2) is 4.74. The van der Waals surface area contributed by atoms with Gasteiger partial charge in [0.05, 0.1) is 0 Å². The summed E-state index contributed by atoms with van der Waals surface area (Å²) < 4.78 is 12.9. The molecule has 0 atom stereocenters. The van der Waals surface area contributed by atoms with E-state index >= 15 is 0 Å². The Kier molecular flexibility index (Phi) is 3.14. The molecule has 0 spiro atoms. The molecular weight excluding hydrogens is 219 g/mol. The predicted molar refractivity (Wildman–Crippen MR) is 63.3 cm³/mol. The number of nitrogens with one attached hydrogen (secondary N) is 1. The van der Waals surface area contributed by atoms with Gasteiger partial charge in [0.15, 0.2) is 0 Å². The number of carbonyl (C=O) groups is 1. The van der Waals surface area contributed by atoms with E-state index in [0.29, 0.717) is 11.3 Å². The third-order valence-electron chi connectivity index (χ3n) is 2.24. The molecule has 0 unspecified atom stereocenters. The molecule has 1 aromatic heterocycles. The van der Waals surface area contributed by atoms with Crippen molar-refractivity contribution in [3.05, 3.63) is 59.7 Å². The van der Waals surface area contributed by atoms with Crippen molar-refractivity contribution in [2.45, 2.75) is 6.92 Å². The zero-order chi connectivity index (χ0) is 12.3. The van der Waals surface area contributed by atoms with Crippen LogP contribution in [0.4, 0.5) is 10.1 Å². The van der Waals surface area contributed by atoms with Crippen molar-refractivity contribution in [2.24, 2.45) is 0 Å². The van der Waals surface area contributed by atoms with E-state index < -0.39 is 5.82 Å². The molecule has 4 heteroatoms. The Balaban J connectivity index is 2.17. The number of aromatic nitrogens is 1. The lowest BCUT2D eigenvalue weighted by Gasteiger charge is -2.05. The molecule has 0 bridgehead atoms. The number of aryl methyl sites for hydroxylation is 1. The first kappa shape index (κ1) is 11.3. The first-order valence-corrected chi connectivity index (χ1v) is 5.15. The molecule has 0 aliphatic rings. The zero-order valence-electron chi connectivity index (χ0n) is 9.27. The largest absolute Gasteiger partial charge is 0.322 e. The summed E-state index contributed by atoms with van der Waals surface area (Å²) in [6.45, 7) is 1.83. The molecule has 0 radical (unpaired) electrons. The van der Waals surface area contributed by atoms with E-state index in [1.165, 1.54) is 18.2 Å². The molecule has 0 saturated carbocycles. The zero-order valence-corrected chi connectivity index (χ0v) is 9.27. The number of hydrogen-bond acceptors (Lipinski definition) is 2. The van der Waals surface area contributed by atoms with Crippen LogP contribution in [-0.4, -0.2) is 10.9 Å². The van der Waals surface area contributed by atoms with Crippen molar-refractivity contribution in [3.63, 3.8) is 0 Å². The topological polar surface area (TPSA) is 42.0 Å². The normalized spacial score (nSPS) is 10.0. The minimum absolute atomic E-state index is 0.291. The summed E-state index contributed by atoms with van der Waals surface area (Å²) in [5, 5.41) is 2.68. The number of rotatable bonds is 2. The minimum atomic E-state index is -0.427. The number of pyridine rings is 1. The van der Waals surface area contributed by atoms with E-state index in [1.54, 1.807) is 24.4 Å². The molecule has 0 fully saturated rings. The molecule has 1 heterocycles. The minimum Gasteiger partial charge on any atom is -0.322 e. The predicted octanol–water partition coefficient (Wildman–Crippen LogP) is 2.78. The fraction of sp³-hybridized carbons (Fsp3) is 0.0769. The first-order valence-electron chi connectivity index (χ1n) is 5.15. The molecule has 1 aromatic carbocycles. The van der Waals surface area contributed by atoms with Crippen LogP contribution in [0.3, 0.4) is 0 Å². The molecule has 2 rings (SSSR count). The van der Waals surface area contributed by atoms with Gasteiger partial charge in [0.2, 0.25) is 0 Å². The van der Waals surface area contributed by atoms with Gasteiger partial charge in [0, 0.05) is 23.1 Å². The summed E-state index contributed by atoms with van der Waals surface area (Å²) in [4.78, 5) is 15.8. The summed E-state index contributed by atoms with van der Waals surface area (Å²) in [5.74, 6) is -0.765. The molecule has 0 aliphatic heterocycles. The van der Waals surface area contributed by atoms with E-state index in [4.69, 9.17) is 0 Å². The fourth-order valence-electron chi connectivity index (χ4n) is 1.46. The van der Waals surface area contributed by atoms with Gasteiger partial charge in [-0.25, -0.2) is 4.39 Å². The molecule has 1 amide bonds. The van der Waals surface area contributed by atoms with E-state index in [1.807, 2.05) is 6.92 Å². The van der Waals surface area contributed by atoms with Crippen LogP contribution >= 0.6 is 0 Å². The molecule has 0 saturated heterocycles. The fourth-order valence-corrected chi connectivity index (χ4v) is 1.46. The average molecular weight is 230 g/mol. The van der Waals surface area contributed by atoms with Gasteiger partial charge in [-0.15, -0.1) is 0 Å². The molecular formula is C13H11FN2O. The Labute approximate surface area is 98.3 Å². The molecule has 17 heavy (non-hydrogen) atoms. The van der Waals surface area contributed by atoms with Crippen molar-refractivity contribution < 1.29 is 9.18 Å². The van der Waals surface area contributed by atoms with Crippen LogP contribution in [0.25, 0.3) is 0 Å². The van der Waals surface area contributed by atoms with Crippen LogP contribution in [0.1, 0.15) is 16.1 Å². The third-order valence-corrected chi connectivity index (χ3v) is 2.24. The highest BCUT2D eigenvalue weighted by atomic mass is 19.1. The van der Waals surface area contributed by atoms with Crippen molar-refractivity contribution in [1.29, 1.82) is 0 Å². The maximum atomic E-state index is 12.9. The number of hydrogen-bond donors (Lipinski definition) is 1. The lowest BCUT2D eigenvalue weighted by Crippen LogP contribution is -2.12. The van der Waals surface area contributed by atoms with E-state index in [-0.39, 0.29) is 5.91 Å². The van der Waals surface area contributed by atoms with Crippen LogP contribution in [0.15, 0.2) is 42.6 Å². The van der Waals surface area contributed by atoms with Gasteiger partial charge in [-0.05, 0) is 37.3 Å². The molecule has 0 aliphatic carbocycles. The number of nitrogens with zero attached hydrogens (tertiary/aromatic N) is 1. The number of carbonyl (C=O) groups excluding carboxylic acids is 1. The third kappa shape index (κ3) is 2.87. The Bertz CT molecular complexity index is 555. The number of halogens is 1. The van der Waals surface area contributed by atoms with Gasteiger partial charge in [-0.3, -0.25) is 9.78 Å². The summed E-state index contributed by atoms with van der Waals surface area (Å²) >= 11 is 0. The number of anilines is 1. The molecule has 2 aromatic rings. The monoisotopic (exact) mass is 230 g/mol. The van der Waals surface area contributed by atoms with E-state index in [0.717, 1.165) is 5.69 Å². The number of benzene rings is 1. The van der Waals surface area contributed by atoms with Gasteiger partial charge in [0.1, 0.15) is 5.82 Å². The van der Waals surface area contributed by atoms with Crippen LogP contribution in [0.2, 0.25) is 0 Å². The van der Waals surface area contributed by atoms with Crippen molar-refractivity contribution in [3.8, 4) is 0 Å². The molecule has 86 valence electrons. The van der Waals surface area contributed by atoms with Gasteiger partial charge >= 0.3 is 0 Å². The summed E-state index contributed by atoms with van der Waals surface area (Å²) in [5.41, 5.74) is 1.74. The first-order chi connectivity index (χ1) is 8.15. The molecule has 1 N–H and O–H groups in total. The highest BCUT2D eigenvalue weighted by Gasteiger charge is 2.06. The maximum absolute atomic E-state index is 12.9. The smallest absolute Gasteiger partial charge is 0.255 e. The van der Waals surface area contributed by atoms with Gasteiger partial charge in [-0.2, -0.15) is 0 Å². The highest BCUT2D eigenvalue weighted by molar-refractivity contribution is 6.04. The Morgan fingerprint density at radius 1 is 1.29 bits per heavy atom. The summed E-state index contributed by atoms with van der Waals surface area (Å²) in [7, 11) is 0. The Morgan fingerprint density at radius 2 is 2.12 bits per heavy atom. The van der Waals surface area contributed by atoms with Crippen LogP contribution in [0.5, 0.6) is 0 Å². The second-order valence-electron chi connectivity index (χ2n) is 3.65. The average Bonchev–Trinajstić information content (AvgIpc) is 2.29. The maximum Gasteiger partial charge on any atom is 0.255 e. The van der Waals surface area contributed by atoms with Crippen LogP contribution < -0.4 is 5.32 Å². The lowest BCUT2D eigenvalue weighted by atomic mass is 10.2. The van der Waals surface area contributed by atoms with Crippen molar-refractivity contribution in [2.75, 3.05) is 5.32 Å². The van der Waals surface area contributed by atoms with Gasteiger partial charge < -0.3 is 5.32 Å². The highest BCUT2D eigenvalue weighted by Crippen LogP contribution is 2.10. The van der Waals surface area contributed by atoms with E-state index in [9.17, 15) is 9.18 Å². The van der Waals surface area contributed by atoms with E-state index in [2.05, 4.69) is 10.3 Å². The van der Waals surface area contributed by atoms with Crippen molar-refractivity contribution in [1.82, 2.24) is 4.98 Å². The van der Waals surface area contributed by atoms with Gasteiger partial charge in [-0.1, -0.05) is 6.07 Å². The summed E-state index contributed by atoms with van der Waals surface area (Å²) in [6.07, 6.45) is 1.61. The SMILES string of the molecule is Cc1cc(NC(=O)c2cccc(F)c2)ccn1. The Hall–Kier alpha value is -2.23. The van der Waals surface area contributed by atoms with Crippen LogP contribution in [-0.2, 0) is 0 Å². The molecule has 3 nitrogen and oxygen atoms in total. The van der Waals surface area contributed by atoms with Crippen LogP contribution in [0, 0.1) is 12.7 Å². The summed E-state index contributed by atoms with van der Waals surface area (Å²) in [6, 6.07) is 8.99. The second-order valence-corrected chi connectivity index (χ2v) is 3.65. The quantitative estimate of drug-likeness (QED) is 0.861. The number of amides is 1. The Morgan fingerprint density at radius 3 is 2.82 bits per heavy atom. The lowest BCUT2D eigenvalue weighted by molar-refractivity contribution is 0.102. The standard InChI is InChI=1S/C13H11FN2O/c1-9-7-12(5-6-15-9)16-13(17)10-3-2-4-11(14)8-10/h2-8H,1H3,(H,15,16,17). The van der Waals surface area contributed by atoms with Crippen molar-refractivity contribution >= 4 is 11.6 Å².